The minimum atomic E-state index is -1.16. The number of nitrogens with zero attached hydrogens (tertiary/aromatic N) is 5. The Balaban J connectivity index is 1.97. The van der Waals surface area contributed by atoms with E-state index in [1.165, 1.54) is 18.3 Å². The van der Waals surface area contributed by atoms with E-state index in [1.807, 2.05) is 6.92 Å². The molecule has 3 rings (SSSR count). The number of ether oxygens (including phenoxy) is 1. The highest BCUT2D eigenvalue weighted by Crippen LogP contribution is 2.24. The van der Waals surface area contributed by atoms with Crippen LogP contribution < -0.4 is 4.74 Å². The zero-order valence-corrected chi connectivity index (χ0v) is 16.2. The van der Waals surface area contributed by atoms with Gasteiger partial charge in [0.25, 0.3) is 0 Å². The maximum atomic E-state index is 13.5. The van der Waals surface area contributed by atoms with Crippen molar-refractivity contribution in [3.63, 3.8) is 0 Å². The molecule has 0 aliphatic heterocycles. The Labute approximate surface area is 167 Å². The van der Waals surface area contributed by atoms with Gasteiger partial charge in [0, 0.05) is 6.07 Å². The molecule has 2 N–H and O–H groups in total. The van der Waals surface area contributed by atoms with Crippen LogP contribution in [-0.4, -0.2) is 47.2 Å². The Bertz CT molecular complexity index is 1080. The Kier molecular flexibility index (Phi) is 5.75. The fourth-order valence-corrected chi connectivity index (χ4v) is 2.49. The molecule has 0 saturated heterocycles. The van der Waals surface area contributed by atoms with Crippen molar-refractivity contribution in [3.8, 4) is 35.0 Å². The highest BCUT2D eigenvalue weighted by atomic mass is 19.1. The minimum Gasteiger partial charge on any atom is -0.492 e. The van der Waals surface area contributed by atoms with Crippen LogP contribution in [0.1, 0.15) is 32.2 Å². The van der Waals surface area contributed by atoms with Crippen molar-refractivity contribution in [2.75, 3.05) is 6.61 Å². The number of aromatic nitrogens is 5. The third-order valence-electron chi connectivity index (χ3n) is 3.66. The molecule has 0 spiro atoms. The van der Waals surface area contributed by atoms with E-state index < -0.39 is 11.5 Å². The summed E-state index contributed by atoms with van der Waals surface area (Å²) in [4.78, 5) is 7.83. The van der Waals surface area contributed by atoms with Gasteiger partial charge < -0.3 is 19.5 Å². The van der Waals surface area contributed by atoms with Crippen LogP contribution in [0.2, 0.25) is 0 Å². The lowest BCUT2D eigenvalue weighted by molar-refractivity contribution is 0.143. The van der Waals surface area contributed by atoms with Gasteiger partial charge >= 0.3 is 0 Å². The van der Waals surface area contributed by atoms with Crippen LogP contribution in [-0.2, 0) is 6.54 Å². The Morgan fingerprint density at radius 2 is 2.03 bits per heavy atom. The number of hydrogen-bond acceptors (Lipinski definition) is 7. The summed E-state index contributed by atoms with van der Waals surface area (Å²) in [5, 5.41) is 27.8. The van der Waals surface area contributed by atoms with Crippen molar-refractivity contribution < 1.29 is 19.3 Å². The quantitative estimate of drug-likeness (QED) is 0.502. The van der Waals surface area contributed by atoms with E-state index in [2.05, 4.69) is 32.0 Å². The number of rotatable bonds is 5. The zero-order chi connectivity index (χ0) is 21.0. The van der Waals surface area contributed by atoms with Crippen LogP contribution in [0.3, 0.4) is 0 Å². The first-order valence-electron chi connectivity index (χ1n) is 8.89. The molecule has 0 atom stereocenters. The Morgan fingerprint density at radius 1 is 1.24 bits per heavy atom. The molecule has 0 fully saturated rings. The predicted molar refractivity (Wildman–Crippen MR) is 103 cm³/mol. The summed E-state index contributed by atoms with van der Waals surface area (Å²) >= 11 is 0. The topological polar surface area (TPSA) is 106 Å². The van der Waals surface area contributed by atoms with Gasteiger partial charge in [-0.25, -0.2) is 4.98 Å². The van der Waals surface area contributed by atoms with E-state index >= 15 is 0 Å². The van der Waals surface area contributed by atoms with Crippen molar-refractivity contribution >= 4 is 0 Å². The fourth-order valence-electron chi connectivity index (χ4n) is 2.49. The van der Waals surface area contributed by atoms with Gasteiger partial charge in [0.05, 0.1) is 19.3 Å². The van der Waals surface area contributed by atoms with Crippen molar-refractivity contribution in [3.05, 3.63) is 47.8 Å². The van der Waals surface area contributed by atoms with Crippen LogP contribution in [0, 0.1) is 17.8 Å². The standard InChI is InChI=1S/C20H20FN5O3/c1-4-29-16-10-13(8-9-20(2,3)28)24-25-15(16)11-26-12-18(27)23-19(26)14-6-5-7-17(21)22-14/h5-7,10,12,27-28H,4,11H2,1-3H3. The van der Waals surface area contributed by atoms with E-state index in [0.29, 0.717) is 23.7 Å². The molecule has 29 heavy (non-hydrogen) atoms. The summed E-state index contributed by atoms with van der Waals surface area (Å²) in [6.45, 7) is 5.52. The molecule has 0 aliphatic carbocycles. The molecule has 9 heteroatoms. The van der Waals surface area contributed by atoms with Gasteiger partial charge in [0.15, 0.2) is 5.82 Å². The lowest BCUT2D eigenvalue weighted by Gasteiger charge is -2.11. The average molecular weight is 397 g/mol. The largest absolute Gasteiger partial charge is 0.492 e. The molecule has 0 aromatic carbocycles. The lowest BCUT2D eigenvalue weighted by Crippen LogP contribution is -2.14. The smallest absolute Gasteiger partial charge is 0.229 e. The Hall–Kier alpha value is -3.51. The predicted octanol–water partition coefficient (Wildman–Crippen LogP) is 2.15. The van der Waals surface area contributed by atoms with Crippen LogP contribution >= 0.6 is 0 Å². The van der Waals surface area contributed by atoms with Gasteiger partial charge in [-0.1, -0.05) is 12.0 Å². The third kappa shape index (κ3) is 5.27. The zero-order valence-electron chi connectivity index (χ0n) is 16.2. The first-order valence-corrected chi connectivity index (χ1v) is 8.89. The summed E-state index contributed by atoms with van der Waals surface area (Å²) < 4.78 is 20.7. The number of pyridine rings is 1. The molecule has 0 amide bonds. The maximum absolute atomic E-state index is 13.5. The molecule has 3 heterocycles. The number of aromatic hydroxyl groups is 1. The van der Waals surface area contributed by atoms with Gasteiger partial charge in [0.1, 0.15) is 28.4 Å². The second-order valence-electron chi connectivity index (χ2n) is 6.68. The summed E-state index contributed by atoms with van der Waals surface area (Å²) in [7, 11) is 0. The molecule has 0 aliphatic rings. The highest BCUT2D eigenvalue weighted by Gasteiger charge is 2.16. The maximum Gasteiger partial charge on any atom is 0.229 e. The molecule has 0 saturated carbocycles. The van der Waals surface area contributed by atoms with E-state index in [-0.39, 0.29) is 23.9 Å². The van der Waals surface area contributed by atoms with Gasteiger partial charge in [-0.3, -0.25) is 0 Å². The normalized spacial score (nSPS) is 11.1. The van der Waals surface area contributed by atoms with Gasteiger partial charge in [0.2, 0.25) is 11.8 Å². The first kappa shape index (κ1) is 20.2. The first-order chi connectivity index (χ1) is 13.7. The van der Waals surface area contributed by atoms with Crippen molar-refractivity contribution in [2.45, 2.75) is 32.9 Å². The van der Waals surface area contributed by atoms with E-state index in [4.69, 9.17) is 4.74 Å². The lowest BCUT2D eigenvalue weighted by atomic mass is 10.1. The van der Waals surface area contributed by atoms with Crippen LogP contribution in [0.15, 0.2) is 30.5 Å². The molecule has 0 bridgehead atoms. The second kappa shape index (κ2) is 8.24. The molecule has 3 aromatic heterocycles. The molecule has 150 valence electrons. The van der Waals surface area contributed by atoms with Crippen LogP contribution in [0.25, 0.3) is 11.5 Å². The summed E-state index contributed by atoms with van der Waals surface area (Å²) in [5.41, 5.74) is -0.0766. The van der Waals surface area contributed by atoms with Crippen molar-refractivity contribution in [2.24, 2.45) is 0 Å². The number of aliphatic hydroxyl groups is 1. The highest BCUT2D eigenvalue weighted by molar-refractivity contribution is 5.51. The SMILES string of the molecule is CCOc1cc(C#CC(C)(C)O)nnc1Cn1cc(O)nc1-c1cccc(F)n1. The van der Waals surface area contributed by atoms with E-state index in [9.17, 15) is 14.6 Å². The van der Waals surface area contributed by atoms with Gasteiger partial charge in [-0.05, 0) is 38.8 Å². The van der Waals surface area contributed by atoms with Gasteiger partial charge in [-0.15, -0.1) is 10.2 Å². The number of imidazole rings is 1. The van der Waals surface area contributed by atoms with Crippen LogP contribution in [0.4, 0.5) is 4.39 Å². The van der Waals surface area contributed by atoms with E-state index in [0.717, 1.165) is 0 Å². The Morgan fingerprint density at radius 3 is 2.72 bits per heavy atom. The molecule has 0 radical (unpaired) electrons. The second-order valence-corrected chi connectivity index (χ2v) is 6.68. The van der Waals surface area contributed by atoms with Crippen LogP contribution in [0.5, 0.6) is 11.6 Å². The molecule has 3 aromatic rings. The van der Waals surface area contributed by atoms with E-state index in [1.54, 1.807) is 30.5 Å². The average Bonchev–Trinajstić information content (AvgIpc) is 3.02. The van der Waals surface area contributed by atoms with Crippen molar-refractivity contribution in [1.29, 1.82) is 0 Å². The molecular formula is C20H20FN5O3. The number of halogens is 1. The number of hydrogen-bond donors (Lipinski definition) is 2. The third-order valence-corrected chi connectivity index (χ3v) is 3.66. The molecule has 0 unspecified atom stereocenters. The monoisotopic (exact) mass is 397 g/mol. The molecule has 8 nitrogen and oxygen atoms in total. The minimum absolute atomic E-state index is 0.155. The summed E-state index contributed by atoms with van der Waals surface area (Å²) in [6, 6.07) is 5.95. The summed E-state index contributed by atoms with van der Waals surface area (Å²) in [6.07, 6.45) is 1.39. The van der Waals surface area contributed by atoms with Crippen molar-refractivity contribution in [1.82, 2.24) is 24.7 Å². The fraction of sp³-hybridized carbons (Fsp3) is 0.300. The summed E-state index contributed by atoms with van der Waals surface area (Å²) in [5.74, 6) is 5.27. The molecular weight excluding hydrogens is 377 g/mol. The van der Waals surface area contributed by atoms with Gasteiger partial charge in [-0.2, -0.15) is 9.37 Å².